The van der Waals surface area contributed by atoms with Gasteiger partial charge in [0.25, 0.3) is 0 Å². The van der Waals surface area contributed by atoms with Gasteiger partial charge in [-0.3, -0.25) is 5.41 Å². The Balaban J connectivity index is 2.73. The van der Waals surface area contributed by atoms with Crippen molar-refractivity contribution in [2.24, 2.45) is 7.05 Å². The van der Waals surface area contributed by atoms with E-state index in [2.05, 4.69) is 10.1 Å². The number of aromatic nitrogens is 3. The topological polar surface area (TPSA) is 80.6 Å². The van der Waals surface area contributed by atoms with E-state index in [9.17, 15) is 4.39 Å². The molecule has 0 saturated heterocycles. The van der Waals surface area contributed by atoms with Crippen LogP contribution in [0, 0.1) is 11.2 Å². The first-order chi connectivity index (χ1) is 8.00. The zero-order chi connectivity index (χ0) is 12.6. The molecule has 0 aliphatic rings. The van der Waals surface area contributed by atoms with E-state index in [1.54, 1.807) is 6.07 Å². The predicted molar refractivity (Wildman–Crippen MR) is 61.7 cm³/mol. The first-order valence-electron chi connectivity index (χ1n) is 4.70. The highest BCUT2D eigenvalue weighted by molar-refractivity contribution is 6.31. The van der Waals surface area contributed by atoms with Crippen molar-refractivity contribution in [1.29, 1.82) is 5.41 Å². The third-order valence-electron chi connectivity index (χ3n) is 2.23. The van der Waals surface area contributed by atoms with Crippen LogP contribution in [0.5, 0.6) is 0 Å². The Labute approximate surface area is 101 Å². The average Bonchev–Trinajstić information content (AvgIpc) is 2.28. The van der Waals surface area contributed by atoms with Gasteiger partial charge in [0.1, 0.15) is 5.69 Å². The fraction of sp³-hybridized carbons (Fsp3) is 0.100. The normalized spacial score (nSPS) is 10.5. The van der Waals surface area contributed by atoms with Crippen LogP contribution in [0.2, 0.25) is 5.02 Å². The Hall–Kier alpha value is -1.95. The number of benzene rings is 1. The van der Waals surface area contributed by atoms with Crippen LogP contribution in [-0.4, -0.2) is 14.8 Å². The summed E-state index contributed by atoms with van der Waals surface area (Å²) >= 11 is 5.68. The first kappa shape index (κ1) is 11.5. The van der Waals surface area contributed by atoms with Crippen molar-refractivity contribution in [1.82, 2.24) is 14.8 Å². The smallest absolute Gasteiger partial charge is 0.240 e. The summed E-state index contributed by atoms with van der Waals surface area (Å²) in [7, 11) is 1.53. The van der Waals surface area contributed by atoms with E-state index in [0.717, 1.165) is 0 Å². The molecule has 2 aromatic rings. The second-order valence-corrected chi connectivity index (χ2v) is 3.80. The molecular weight excluding hydrogens is 245 g/mol. The highest BCUT2D eigenvalue weighted by Gasteiger charge is 2.14. The lowest BCUT2D eigenvalue weighted by Gasteiger charge is -2.07. The molecule has 0 bridgehead atoms. The molecule has 5 nitrogen and oxygen atoms in total. The van der Waals surface area contributed by atoms with Gasteiger partial charge in [-0.2, -0.15) is 10.1 Å². The van der Waals surface area contributed by atoms with Gasteiger partial charge in [0.05, 0.1) is 5.02 Å². The molecule has 0 atom stereocenters. The van der Waals surface area contributed by atoms with Crippen molar-refractivity contribution in [3.63, 3.8) is 0 Å². The summed E-state index contributed by atoms with van der Waals surface area (Å²) in [6.45, 7) is 0. The van der Waals surface area contributed by atoms with Crippen LogP contribution >= 0.6 is 11.6 Å². The van der Waals surface area contributed by atoms with Gasteiger partial charge in [-0.05, 0) is 12.1 Å². The Morgan fingerprint density at radius 2 is 2.18 bits per heavy atom. The molecule has 1 aromatic heterocycles. The van der Waals surface area contributed by atoms with Crippen molar-refractivity contribution in [3.05, 3.63) is 34.7 Å². The standard InChI is InChI=1S/C10H9ClFN5/c1-17-10(14)15-9(13)8(16-17)5-3-2-4-6(11)7(5)12/h2-4H,1H3,(H3,13,14,15). The van der Waals surface area contributed by atoms with Gasteiger partial charge in [-0.15, -0.1) is 0 Å². The van der Waals surface area contributed by atoms with Crippen LogP contribution in [-0.2, 0) is 7.05 Å². The number of hydrogen-bond donors (Lipinski definition) is 2. The molecule has 88 valence electrons. The molecule has 0 fully saturated rings. The number of rotatable bonds is 1. The Bertz CT molecular complexity index is 637. The third kappa shape index (κ3) is 1.99. The van der Waals surface area contributed by atoms with E-state index < -0.39 is 5.82 Å². The Morgan fingerprint density at radius 3 is 2.88 bits per heavy atom. The average molecular weight is 254 g/mol. The maximum Gasteiger partial charge on any atom is 0.240 e. The second kappa shape index (κ2) is 4.14. The highest BCUT2D eigenvalue weighted by atomic mass is 35.5. The minimum atomic E-state index is -0.604. The predicted octanol–water partition coefficient (Wildman–Crippen LogP) is 1.34. The van der Waals surface area contributed by atoms with Gasteiger partial charge in [0.2, 0.25) is 5.62 Å². The number of anilines is 1. The number of aryl methyl sites for hydroxylation is 1. The van der Waals surface area contributed by atoms with E-state index in [0.29, 0.717) is 0 Å². The lowest BCUT2D eigenvalue weighted by Crippen LogP contribution is -2.25. The molecule has 0 amide bonds. The number of nitrogens with zero attached hydrogens (tertiary/aromatic N) is 3. The Kier molecular flexibility index (Phi) is 2.81. The van der Waals surface area contributed by atoms with E-state index in [4.69, 9.17) is 22.7 Å². The van der Waals surface area contributed by atoms with Crippen LogP contribution < -0.4 is 11.4 Å². The van der Waals surface area contributed by atoms with Crippen molar-refractivity contribution in [2.75, 3.05) is 5.73 Å². The van der Waals surface area contributed by atoms with E-state index in [-0.39, 0.29) is 27.7 Å². The molecule has 0 spiro atoms. The number of nitrogens with two attached hydrogens (primary N) is 1. The molecule has 3 N–H and O–H groups in total. The second-order valence-electron chi connectivity index (χ2n) is 3.39. The molecule has 1 aromatic carbocycles. The lowest BCUT2D eigenvalue weighted by atomic mass is 10.1. The maximum atomic E-state index is 13.8. The van der Waals surface area contributed by atoms with E-state index in [1.165, 1.54) is 23.9 Å². The molecule has 0 unspecified atom stereocenters. The van der Waals surface area contributed by atoms with Crippen molar-refractivity contribution in [2.45, 2.75) is 0 Å². The summed E-state index contributed by atoms with van der Waals surface area (Å²) in [5, 5.41) is 11.4. The molecule has 0 radical (unpaired) electrons. The quantitative estimate of drug-likeness (QED) is 0.805. The summed E-state index contributed by atoms with van der Waals surface area (Å²) in [4.78, 5) is 3.76. The van der Waals surface area contributed by atoms with Gasteiger partial charge >= 0.3 is 0 Å². The molecular formula is C10H9ClFN5. The first-order valence-corrected chi connectivity index (χ1v) is 5.08. The lowest BCUT2D eigenvalue weighted by molar-refractivity contribution is 0.622. The van der Waals surface area contributed by atoms with Crippen molar-refractivity contribution >= 4 is 17.4 Å². The zero-order valence-electron chi connectivity index (χ0n) is 8.91. The van der Waals surface area contributed by atoms with E-state index in [1.807, 2.05) is 0 Å². The zero-order valence-corrected chi connectivity index (χ0v) is 9.66. The van der Waals surface area contributed by atoms with Gasteiger partial charge in [-0.25, -0.2) is 9.07 Å². The summed E-state index contributed by atoms with van der Waals surface area (Å²) in [6, 6.07) is 4.53. The summed E-state index contributed by atoms with van der Waals surface area (Å²) in [6.07, 6.45) is 0. The number of nitrogens with one attached hydrogen (secondary N) is 1. The number of hydrogen-bond acceptors (Lipinski definition) is 4. The van der Waals surface area contributed by atoms with Crippen LogP contribution in [0.1, 0.15) is 0 Å². The van der Waals surface area contributed by atoms with Crippen molar-refractivity contribution in [3.8, 4) is 11.3 Å². The molecule has 17 heavy (non-hydrogen) atoms. The van der Waals surface area contributed by atoms with Crippen LogP contribution in [0.25, 0.3) is 11.3 Å². The van der Waals surface area contributed by atoms with Crippen molar-refractivity contribution < 1.29 is 4.39 Å². The number of nitrogen functional groups attached to an aromatic ring is 1. The van der Waals surface area contributed by atoms with Crippen LogP contribution in [0.4, 0.5) is 10.2 Å². The highest BCUT2D eigenvalue weighted by Crippen LogP contribution is 2.27. The minimum Gasteiger partial charge on any atom is -0.382 e. The minimum absolute atomic E-state index is 0.00531. The molecule has 1 heterocycles. The monoisotopic (exact) mass is 253 g/mol. The van der Waals surface area contributed by atoms with Gasteiger partial charge < -0.3 is 5.73 Å². The molecule has 0 saturated carbocycles. The van der Waals surface area contributed by atoms with Crippen LogP contribution in [0.3, 0.4) is 0 Å². The van der Waals surface area contributed by atoms with Gasteiger partial charge in [0.15, 0.2) is 11.6 Å². The number of halogens is 2. The molecule has 0 aliphatic heterocycles. The maximum absolute atomic E-state index is 13.8. The fourth-order valence-electron chi connectivity index (χ4n) is 1.37. The molecule has 2 rings (SSSR count). The summed E-state index contributed by atoms with van der Waals surface area (Å²) in [5.74, 6) is -0.609. The molecule has 0 aliphatic carbocycles. The van der Waals surface area contributed by atoms with E-state index >= 15 is 0 Å². The third-order valence-corrected chi connectivity index (χ3v) is 2.52. The SMILES string of the molecule is Cn1nc(-c2cccc(Cl)c2F)c(N)nc1=N. The van der Waals surface area contributed by atoms with Gasteiger partial charge in [-0.1, -0.05) is 17.7 Å². The summed E-state index contributed by atoms with van der Waals surface area (Å²) < 4.78 is 15.0. The largest absolute Gasteiger partial charge is 0.382 e. The molecule has 7 heteroatoms. The Morgan fingerprint density at radius 1 is 1.47 bits per heavy atom. The van der Waals surface area contributed by atoms with Crippen LogP contribution in [0.15, 0.2) is 18.2 Å². The van der Waals surface area contributed by atoms with Gasteiger partial charge in [0, 0.05) is 12.6 Å². The fourth-order valence-corrected chi connectivity index (χ4v) is 1.54. The summed E-state index contributed by atoms with van der Waals surface area (Å²) in [5.41, 5.74) is 5.86.